The van der Waals surface area contributed by atoms with Gasteiger partial charge in [0.25, 0.3) is 0 Å². The molecule has 5 heteroatoms. The molecular formula is C19H26N2O3. The van der Waals surface area contributed by atoms with E-state index in [4.69, 9.17) is 14.2 Å². The second kappa shape index (κ2) is 7.62. The number of nitriles is 1. The van der Waals surface area contributed by atoms with Crippen molar-refractivity contribution in [3.8, 4) is 6.07 Å². The lowest BCUT2D eigenvalue weighted by molar-refractivity contribution is -0.154. The fourth-order valence-corrected chi connectivity index (χ4v) is 3.96. The Hall–Kier alpha value is -1.45. The first-order valence-electron chi connectivity index (χ1n) is 8.83. The van der Waals surface area contributed by atoms with Crippen molar-refractivity contribution >= 4 is 0 Å². The summed E-state index contributed by atoms with van der Waals surface area (Å²) in [4.78, 5) is 2.26. The largest absolute Gasteiger partial charge is 0.361 e. The van der Waals surface area contributed by atoms with Gasteiger partial charge in [0.2, 0.25) is 0 Å². The Bertz CT molecular complexity index is 568. The van der Waals surface area contributed by atoms with Gasteiger partial charge in [0.1, 0.15) is 11.8 Å². The van der Waals surface area contributed by atoms with Crippen molar-refractivity contribution in [2.75, 3.05) is 19.8 Å². The number of fused-ring (bicyclic) bond motifs is 1. The van der Waals surface area contributed by atoms with E-state index in [1.165, 1.54) is 5.56 Å². The maximum atomic E-state index is 10.1. The van der Waals surface area contributed by atoms with E-state index in [0.29, 0.717) is 26.2 Å². The van der Waals surface area contributed by atoms with Crippen LogP contribution >= 0.6 is 0 Å². The highest BCUT2D eigenvalue weighted by Gasteiger charge is 2.55. The summed E-state index contributed by atoms with van der Waals surface area (Å²) in [7, 11) is 0. The highest BCUT2D eigenvalue weighted by molar-refractivity contribution is 5.25. The molecule has 0 spiro atoms. The summed E-state index contributed by atoms with van der Waals surface area (Å²) in [5.74, 6) is 0. The molecule has 0 radical (unpaired) electrons. The molecule has 3 atom stereocenters. The summed E-state index contributed by atoms with van der Waals surface area (Å²) < 4.78 is 17.4. The SMILES string of the molecule is CCOC(CC1(C#N)CC[C@@H]2OC[C@@H](c3ccccc3)N21)OCC. The van der Waals surface area contributed by atoms with Crippen LogP contribution in [-0.2, 0) is 14.2 Å². The Morgan fingerprint density at radius 2 is 2.00 bits per heavy atom. The van der Waals surface area contributed by atoms with Gasteiger partial charge < -0.3 is 14.2 Å². The fourth-order valence-electron chi connectivity index (χ4n) is 3.96. The van der Waals surface area contributed by atoms with Crippen LogP contribution in [0.25, 0.3) is 0 Å². The molecule has 0 saturated carbocycles. The molecule has 2 saturated heterocycles. The minimum absolute atomic E-state index is 0.0127. The van der Waals surface area contributed by atoms with Gasteiger partial charge in [-0.3, -0.25) is 4.90 Å². The fraction of sp³-hybridized carbons (Fsp3) is 0.632. The van der Waals surface area contributed by atoms with Crippen molar-refractivity contribution in [2.24, 2.45) is 0 Å². The summed E-state index contributed by atoms with van der Waals surface area (Å²) >= 11 is 0. The van der Waals surface area contributed by atoms with Crippen LogP contribution < -0.4 is 0 Å². The lowest BCUT2D eigenvalue weighted by atomic mass is 9.91. The second-order valence-electron chi connectivity index (χ2n) is 6.35. The third kappa shape index (κ3) is 3.20. The Morgan fingerprint density at radius 3 is 2.62 bits per heavy atom. The van der Waals surface area contributed by atoms with Crippen LogP contribution in [0.2, 0.25) is 0 Å². The van der Waals surface area contributed by atoms with E-state index in [1.807, 2.05) is 32.0 Å². The molecule has 0 amide bonds. The number of hydrogen-bond acceptors (Lipinski definition) is 5. The first kappa shape index (κ1) is 17.4. The maximum Gasteiger partial charge on any atom is 0.160 e. The standard InChI is InChI=1S/C19H26N2O3/c1-3-22-18(23-4-2)12-19(14-20)11-10-17-21(19)16(13-24-17)15-8-6-5-7-9-15/h5-9,16-18H,3-4,10-13H2,1-2H3/t16-,17-,19?/m0/s1. The summed E-state index contributed by atoms with van der Waals surface area (Å²) in [6.07, 6.45) is 1.87. The molecule has 0 bridgehead atoms. The summed E-state index contributed by atoms with van der Waals surface area (Å²) in [6.45, 7) is 5.69. The first-order valence-corrected chi connectivity index (χ1v) is 8.83. The van der Waals surface area contributed by atoms with Gasteiger partial charge in [0.05, 0.1) is 18.7 Å². The van der Waals surface area contributed by atoms with E-state index in [0.717, 1.165) is 12.8 Å². The zero-order valence-electron chi connectivity index (χ0n) is 14.5. The van der Waals surface area contributed by atoms with Crippen LogP contribution in [0, 0.1) is 11.3 Å². The van der Waals surface area contributed by atoms with Gasteiger partial charge in [0, 0.05) is 19.6 Å². The Labute approximate surface area is 144 Å². The van der Waals surface area contributed by atoms with Crippen molar-refractivity contribution < 1.29 is 14.2 Å². The van der Waals surface area contributed by atoms with E-state index in [1.54, 1.807) is 0 Å². The van der Waals surface area contributed by atoms with Crippen molar-refractivity contribution in [1.82, 2.24) is 4.90 Å². The van der Waals surface area contributed by atoms with E-state index >= 15 is 0 Å². The highest BCUT2D eigenvalue weighted by atomic mass is 16.7. The number of rotatable bonds is 7. The molecule has 2 heterocycles. The van der Waals surface area contributed by atoms with Crippen LogP contribution in [0.5, 0.6) is 0 Å². The van der Waals surface area contributed by atoms with Crippen LogP contribution in [0.1, 0.15) is 44.7 Å². The first-order chi connectivity index (χ1) is 11.7. The molecule has 130 valence electrons. The molecule has 1 aromatic carbocycles. The monoisotopic (exact) mass is 330 g/mol. The minimum Gasteiger partial charge on any atom is -0.361 e. The molecule has 2 aliphatic heterocycles. The highest BCUT2D eigenvalue weighted by Crippen LogP contribution is 2.47. The number of benzene rings is 1. The number of ether oxygens (including phenoxy) is 3. The van der Waals surface area contributed by atoms with Crippen LogP contribution in [0.4, 0.5) is 0 Å². The zero-order valence-corrected chi connectivity index (χ0v) is 14.5. The van der Waals surface area contributed by atoms with Gasteiger partial charge in [-0.2, -0.15) is 5.26 Å². The topological polar surface area (TPSA) is 54.7 Å². The molecule has 1 aromatic rings. The van der Waals surface area contributed by atoms with Crippen molar-refractivity contribution in [3.63, 3.8) is 0 Å². The van der Waals surface area contributed by atoms with Crippen LogP contribution in [0.3, 0.4) is 0 Å². The molecule has 1 unspecified atom stereocenters. The van der Waals surface area contributed by atoms with E-state index in [-0.39, 0.29) is 18.6 Å². The van der Waals surface area contributed by atoms with E-state index in [9.17, 15) is 5.26 Å². The molecule has 0 aliphatic carbocycles. The molecule has 3 rings (SSSR count). The quantitative estimate of drug-likeness (QED) is 0.719. The molecular weight excluding hydrogens is 304 g/mol. The second-order valence-corrected chi connectivity index (χ2v) is 6.35. The molecule has 0 N–H and O–H groups in total. The molecule has 2 fully saturated rings. The zero-order chi connectivity index (χ0) is 17.0. The van der Waals surface area contributed by atoms with Gasteiger partial charge >= 0.3 is 0 Å². The van der Waals surface area contributed by atoms with Crippen molar-refractivity contribution in [2.45, 2.75) is 57.2 Å². The lowest BCUT2D eigenvalue weighted by Gasteiger charge is -2.37. The average Bonchev–Trinajstić information content (AvgIpc) is 3.18. The predicted molar refractivity (Wildman–Crippen MR) is 90.0 cm³/mol. The molecule has 5 nitrogen and oxygen atoms in total. The van der Waals surface area contributed by atoms with Gasteiger partial charge in [-0.05, 0) is 32.3 Å². The molecule has 0 aromatic heterocycles. The Morgan fingerprint density at radius 1 is 1.29 bits per heavy atom. The number of nitrogens with zero attached hydrogens (tertiary/aromatic N) is 2. The Balaban J connectivity index is 1.85. The Kier molecular flexibility index (Phi) is 5.52. The number of hydrogen-bond donors (Lipinski definition) is 0. The predicted octanol–water partition coefficient (Wildman–Crippen LogP) is 3.23. The summed E-state index contributed by atoms with van der Waals surface area (Å²) in [5, 5.41) is 10.1. The van der Waals surface area contributed by atoms with Gasteiger partial charge in [-0.1, -0.05) is 30.3 Å². The van der Waals surface area contributed by atoms with Gasteiger partial charge in [-0.15, -0.1) is 0 Å². The van der Waals surface area contributed by atoms with Crippen LogP contribution in [0.15, 0.2) is 30.3 Å². The van der Waals surface area contributed by atoms with E-state index in [2.05, 4.69) is 23.1 Å². The maximum absolute atomic E-state index is 10.1. The average molecular weight is 330 g/mol. The normalized spacial score (nSPS) is 29.8. The van der Waals surface area contributed by atoms with E-state index < -0.39 is 5.54 Å². The lowest BCUT2D eigenvalue weighted by Crippen LogP contribution is -2.48. The van der Waals surface area contributed by atoms with Gasteiger partial charge in [0.15, 0.2) is 6.29 Å². The van der Waals surface area contributed by atoms with Crippen molar-refractivity contribution in [1.29, 1.82) is 5.26 Å². The van der Waals surface area contributed by atoms with Crippen LogP contribution in [-0.4, -0.2) is 42.8 Å². The smallest absolute Gasteiger partial charge is 0.160 e. The summed E-state index contributed by atoms with van der Waals surface area (Å²) in [6, 6.07) is 13.0. The third-order valence-electron chi connectivity index (χ3n) is 4.99. The van der Waals surface area contributed by atoms with Gasteiger partial charge in [-0.25, -0.2) is 0 Å². The third-order valence-corrected chi connectivity index (χ3v) is 4.99. The summed E-state index contributed by atoms with van der Waals surface area (Å²) in [5.41, 5.74) is 0.599. The minimum atomic E-state index is -0.601. The van der Waals surface area contributed by atoms with Crippen molar-refractivity contribution in [3.05, 3.63) is 35.9 Å². The molecule has 24 heavy (non-hydrogen) atoms. The molecule has 2 aliphatic rings.